The van der Waals surface area contributed by atoms with Crippen LogP contribution in [0.25, 0.3) is 0 Å². The van der Waals surface area contributed by atoms with Crippen molar-refractivity contribution < 1.29 is 17.5 Å². The third-order valence-corrected chi connectivity index (χ3v) is 4.21. The Morgan fingerprint density at radius 3 is 2.47 bits per heavy atom. The molecule has 1 atom stereocenters. The van der Waals surface area contributed by atoms with Crippen molar-refractivity contribution in [1.29, 1.82) is 0 Å². The van der Waals surface area contributed by atoms with Gasteiger partial charge in [-0.1, -0.05) is 25.4 Å². The second kappa shape index (κ2) is 6.77. The summed E-state index contributed by atoms with van der Waals surface area (Å²) in [6.45, 7) is 3.94. The molecule has 0 amide bonds. The molecular weight excluding hydrogens is 314 g/mol. The van der Waals surface area contributed by atoms with Crippen LogP contribution < -0.4 is 4.74 Å². The van der Waals surface area contributed by atoms with Gasteiger partial charge in [0.25, 0.3) is 0 Å². The van der Waals surface area contributed by atoms with Gasteiger partial charge in [-0.15, -0.1) is 0 Å². The van der Waals surface area contributed by atoms with Crippen molar-refractivity contribution in [1.82, 2.24) is 0 Å². The van der Waals surface area contributed by atoms with Crippen LogP contribution in [0.3, 0.4) is 0 Å². The SMILES string of the molecule is CC(C)C(COc1ccc(F)c(Cl)c1)CS(=O)(=O)Cl. The lowest BCUT2D eigenvalue weighted by atomic mass is 9.99. The fourth-order valence-electron chi connectivity index (χ4n) is 1.46. The molecule has 7 heteroatoms. The summed E-state index contributed by atoms with van der Waals surface area (Å²) < 4.78 is 40.6. The molecule has 0 aliphatic rings. The molecule has 1 aromatic rings. The Kier molecular flexibility index (Phi) is 5.89. The van der Waals surface area contributed by atoms with Crippen LogP contribution in [0.1, 0.15) is 13.8 Å². The number of halogens is 3. The molecule has 0 radical (unpaired) electrons. The predicted octanol–water partition coefficient (Wildman–Crippen LogP) is 3.70. The van der Waals surface area contributed by atoms with Crippen LogP contribution >= 0.6 is 22.3 Å². The summed E-state index contributed by atoms with van der Waals surface area (Å²) in [6, 6.07) is 3.98. The average molecular weight is 329 g/mol. The number of benzene rings is 1. The van der Waals surface area contributed by atoms with Crippen molar-refractivity contribution >= 4 is 31.3 Å². The molecule has 1 aromatic carbocycles. The number of rotatable bonds is 6. The van der Waals surface area contributed by atoms with E-state index in [9.17, 15) is 12.8 Å². The van der Waals surface area contributed by atoms with Gasteiger partial charge in [0.1, 0.15) is 11.6 Å². The standard InChI is InChI=1S/C12H15Cl2FO3S/c1-8(2)9(7-19(14,16)17)6-18-10-3-4-12(15)11(13)5-10/h3-5,8-9H,6-7H2,1-2H3. The third kappa shape index (κ3) is 5.97. The number of hydrogen-bond donors (Lipinski definition) is 0. The van der Waals surface area contributed by atoms with Crippen LogP contribution in [0.5, 0.6) is 5.75 Å². The highest BCUT2D eigenvalue weighted by Gasteiger charge is 2.21. The smallest absolute Gasteiger partial charge is 0.233 e. The molecule has 0 spiro atoms. The van der Waals surface area contributed by atoms with E-state index < -0.39 is 14.9 Å². The Labute approximate surface area is 122 Å². The Balaban J connectivity index is 2.68. The van der Waals surface area contributed by atoms with Crippen molar-refractivity contribution in [2.24, 2.45) is 11.8 Å². The maximum atomic E-state index is 13.0. The first-order valence-corrected chi connectivity index (χ1v) is 8.55. The van der Waals surface area contributed by atoms with Gasteiger partial charge in [0.05, 0.1) is 17.4 Å². The van der Waals surface area contributed by atoms with Crippen LogP contribution in [0.4, 0.5) is 4.39 Å². The minimum atomic E-state index is -3.58. The van der Waals surface area contributed by atoms with Gasteiger partial charge in [0.2, 0.25) is 9.05 Å². The van der Waals surface area contributed by atoms with Gasteiger partial charge in [-0.3, -0.25) is 0 Å². The molecule has 108 valence electrons. The summed E-state index contributed by atoms with van der Waals surface area (Å²) in [5.41, 5.74) is 0. The second-order valence-corrected chi connectivity index (χ2v) is 7.83. The molecule has 19 heavy (non-hydrogen) atoms. The van der Waals surface area contributed by atoms with E-state index in [-0.39, 0.29) is 29.2 Å². The third-order valence-electron chi connectivity index (χ3n) is 2.71. The highest BCUT2D eigenvalue weighted by atomic mass is 35.7. The summed E-state index contributed by atoms with van der Waals surface area (Å²) in [5.74, 6) is -0.459. The highest BCUT2D eigenvalue weighted by molar-refractivity contribution is 8.13. The summed E-state index contributed by atoms with van der Waals surface area (Å²) in [5, 5.41) is -0.0384. The summed E-state index contributed by atoms with van der Waals surface area (Å²) in [4.78, 5) is 0. The van der Waals surface area contributed by atoms with Crippen molar-refractivity contribution in [3.8, 4) is 5.75 Å². The van der Waals surface area contributed by atoms with Crippen LogP contribution in [0.2, 0.25) is 5.02 Å². The zero-order chi connectivity index (χ0) is 14.6. The second-order valence-electron chi connectivity index (χ2n) is 4.60. The lowest BCUT2D eigenvalue weighted by Gasteiger charge is -2.19. The van der Waals surface area contributed by atoms with E-state index in [1.54, 1.807) is 0 Å². The molecule has 1 rings (SSSR count). The molecule has 0 aromatic heterocycles. The molecule has 0 aliphatic carbocycles. The van der Waals surface area contributed by atoms with Gasteiger partial charge in [-0.25, -0.2) is 12.8 Å². The monoisotopic (exact) mass is 328 g/mol. The minimum absolute atomic E-state index is 0.0384. The Morgan fingerprint density at radius 2 is 2.00 bits per heavy atom. The van der Waals surface area contributed by atoms with E-state index in [1.165, 1.54) is 18.2 Å². The van der Waals surface area contributed by atoms with E-state index in [0.29, 0.717) is 5.75 Å². The molecule has 0 heterocycles. The highest BCUT2D eigenvalue weighted by Crippen LogP contribution is 2.23. The fourth-order valence-corrected chi connectivity index (χ4v) is 3.11. The zero-order valence-corrected chi connectivity index (χ0v) is 12.9. The maximum Gasteiger partial charge on any atom is 0.233 e. The zero-order valence-electron chi connectivity index (χ0n) is 10.6. The van der Waals surface area contributed by atoms with Crippen LogP contribution in [0, 0.1) is 17.7 Å². The molecule has 0 aliphatic heterocycles. The quantitative estimate of drug-likeness (QED) is 0.748. The molecular formula is C12H15Cl2FO3S. The van der Waals surface area contributed by atoms with Crippen molar-refractivity contribution in [3.63, 3.8) is 0 Å². The van der Waals surface area contributed by atoms with E-state index in [0.717, 1.165) is 0 Å². The van der Waals surface area contributed by atoms with Gasteiger partial charge in [-0.05, 0) is 18.1 Å². The summed E-state index contributed by atoms with van der Waals surface area (Å²) in [7, 11) is 1.66. The van der Waals surface area contributed by atoms with Gasteiger partial charge in [0.15, 0.2) is 0 Å². The Hall–Kier alpha value is -0.520. The molecule has 3 nitrogen and oxygen atoms in total. The predicted molar refractivity (Wildman–Crippen MR) is 74.9 cm³/mol. The van der Waals surface area contributed by atoms with E-state index in [2.05, 4.69) is 0 Å². The fraction of sp³-hybridized carbons (Fsp3) is 0.500. The van der Waals surface area contributed by atoms with Gasteiger partial charge in [-0.2, -0.15) is 0 Å². The average Bonchev–Trinajstić information content (AvgIpc) is 2.27. The minimum Gasteiger partial charge on any atom is -0.493 e. The lowest BCUT2D eigenvalue weighted by Crippen LogP contribution is -2.24. The number of ether oxygens (including phenoxy) is 1. The molecule has 0 fully saturated rings. The first kappa shape index (κ1) is 16.5. The molecule has 0 saturated carbocycles. The van der Waals surface area contributed by atoms with Crippen molar-refractivity contribution in [2.45, 2.75) is 13.8 Å². The van der Waals surface area contributed by atoms with Crippen LogP contribution in [0.15, 0.2) is 18.2 Å². The summed E-state index contributed by atoms with van der Waals surface area (Å²) in [6.07, 6.45) is 0. The van der Waals surface area contributed by atoms with E-state index >= 15 is 0 Å². The maximum absolute atomic E-state index is 13.0. The Bertz CT molecular complexity index is 532. The first-order chi connectivity index (χ1) is 8.69. The molecule has 0 saturated heterocycles. The van der Waals surface area contributed by atoms with Crippen molar-refractivity contribution in [3.05, 3.63) is 29.0 Å². The van der Waals surface area contributed by atoms with Gasteiger partial charge >= 0.3 is 0 Å². The topological polar surface area (TPSA) is 43.4 Å². The normalized spacial score (nSPS) is 13.6. The molecule has 0 N–H and O–H groups in total. The van der Waals surface area contributed by atoms with Crippen LogP contribution in [-0.2, 0) is 9.05 Å². The molecule has 0 bridgehead atoms. The first-order valence-electron chi connectivity index (χ1n) is 5.69. The largest absolute Gasteiger partial charge is 0.493 e. The van der Waals surface area contributed by atoms with Crippen molar-refractivity contribution in [2.75, 3.05) is 12.4 Å². The molecule has 1 unspecified atom stereocenters. The van der Waals surface area contributed by atoms with E-state index in [1.807, 2.05) is 13.8 Å². The van der Waals surface area contributed by atoms with Gasteiger partial charge < -0.3 is 4.74 Å². The lowest BCUT2D eigenvalue weighted by molar-refractivity contribution is 0.225. The summed E-state index contributed by atoms with van der Waals surface area (Å²) >= 11 is 5.63. The Morgan fingerprint density at radius 1 is 1.37 bits per heavy atom. The van der Waals surface area contributed by atoms with Gasteiger partial charge in [0, 0.05) is 22.7 Å². The van der Waals surface area contributed by atoms with E-state index in [4.69, 9.17) is 27.0 Å². The van der Waals surface area contributed by atoms with Crippen LogP contribution in [-0.4, -0.2) is 20.8 Å². The number of hydrogen-bond acceptors (Lipinski definition) is 3.